The van der Waals surface area contributed by atoms with Gasteiger partial charge in [0.15, 0.2) is 0 Å². The van der Waals surface area contributed by atoms with E-state index < -0.39 is 0 Å². The van der Waals surface area contributed by atoms with Gasteiger partial charge in [-0.2, -0.15) is 0 Å². The lowest BCUT2D eigenvalue weighted by molar-refractivity contribution is 0.102. The molecule has 3 nitrogen and oxygen atoms in total. The van der Waals surface area contributed by atoms with Crippen molar-refractivity contribution in [2.45, 2.75) is 27.2 Å². The monoisotopic (exact) mass is 308 g/mol. The van der Waals surface area contributed by atoms with E-state index in [1.165, 1.54) is 6.42 Å². The van der Waals surface area contributed by atoms with Crippen LogP contribution >= 0.6 is 0 Å². The quantitative estimate of drug-likeness (QED) is 0.683. The number of aryl methyl sites for hydroxylation is 1. The maximum absolute atomic E-state index is 12.2. The first kappa shape index (κ1) is 16.7. The number of hydrogen-bond donors (Lipinski definition) is 1. The van der Waals surface area contributed by atoms with Crippen LogP contribution in [0.15, 0.2) is 60.8 Å². The predicted octanol–water partition coefficient (Wildman–Crippen LogP) is 5.46. The lowest BCUT2D eigenvalue weighted by Crippen LogP contribution is -2.11. The van der Waals surface area contributed by atoms with E-state index in [1.54, 1.807) is 6.20 Å². The summed E-state index contributed by atoms with van der Waals surface area (Å²) < 4.78 is 0. The van der Waals surface area contributed by atoms with E-state index in [2.05, 4.69) is 24.1 Å². The summed E-state index contributed by atoms with van der Waals surface area (Å²) in [6, 6.07) is 17.1. The Morgan fingerprint density at radius 1 is 1.09 bits per heavy atom. The molecule has 0 bridgehead atoms. The Morgan fingerprint density at radius 2 is 1.87 bits per heavy atom. The van der Waals surface area contributed by atoms with Crippen molar-refractivity contribution >= 4 is 22.5 Å². The van der Waals surface area contributed by atoms with E-state index >= 15 is 0 Å². The van der Waals surface area contributed by atoms with Crippen molar-refractivity contribution in [2.75, 3.05) is 5.32 Å². The first-order chi connectivity index (χ1) is 11.1. The molecule has 0 fully saturated rings. The molecule has 120 valence electrons. The Morgan fingerprint density at radius 3 is 2.61 bits per heavy atom. The highest BCUT2D eigenvalue weighted by atomic mass is 16.1. The second-order valence-corrected chi connectivity index (χ2v) is 5.44. The number of fused-ring (bicyclic) bond motifs is 1. The van der Waals surface area contributed by atoms with Gasteiger partial charge in [-0.1, -0.05) is 44.0 Å². The third-order valence-electron chi connectivity index (χ3n) is 3.14. The van der Waals surface area contributed by atoms with Gasteiger partial charge in [-0.25, -0.2) is 0 Å². The van der Waals surface area contributed by atoms with Gasteiger partial charge in [-0.15, -0.1) is 0 Å². The number of amides is 1. The number of rotatable bonds is 2. The van der Waals surface area contributed by atoms with Gasteiger partial charge in [-0.3, -0.25) is 9.78 Å². The average molecular weight is 308 g/mol. The smallest absolute Gasteiger partial charge is 0.255 e. The molecule has 2 aromatic carbocycles. The van der Waals surface area contributed by atoms with Crippen LogP contribution in [-0.2, 0) is 0 Å². The second kappa shape index (κ2) is 8.08. The lowest BCUT2D eigenvalue weighted by atomic mass is 10.1. The van der Waals surface area contributed by atoms with Crippen LogP contribution in [0.4, 0.5) is 5.69 Å². The van der Waals surface area contributed by atoms with Gasteiger partial charge < -0.3 is 5.32 Å². The molecule has 1 aromatic heterocycles. The summed E-state index contributed by atoms with van der Waals surface area (Å²) >= 11 is 0. The molecular formula is C20H24N2O. The molecule has 3 rings (SSSR count). The van der Waals surface area contributed by atoms with Crippen LogP contribution in [0.5, 0.6) is 0 Å². The maximum Gasteiger partial charge on any atom is 0.255 e. The number of nitrogens with one attached hydrogen (secondary N) is 1. The SMILES string of the molecule is CCC.Cc1cccc(C(=O)Nc2ccc3ncccc3c2)c1.[HH]. The molecule has 1 amide bonds. The Balaban J connectivity index is 0.000000671. The van der Waals surface area contributed by atoms with Crippen LogP contribution in [-0.4, -0.2) is 10.9 Å². The van der Waals surface area contributed by atoms with Crippen LogP contribution in [0.3, 0.4) is 0 Å². The fraction of sp³-hybridized carbons (Fsp3) is 0.200. The van der Waals surface area contributed by atoms with E-state index in [-0.39, 0.29) is 7.33 Å². The molecule has 0 aliphatic rings. The highest BCUT2D eigenvalue weighted by Crippen LogP contribution is 2.18. The van der Waals surface area contributed by atoms with Crippen molar-refractivity contribution in [1.82, 2.24) is 4.98 Å². The van der Waals surface area contributed by atoms with Gasteiger partial charge >= 0.3 is 0 Å². The van der Waals surface area contributed by atoms with Gasteiger partial charge in [0, 0.05) is 24.3 Å². The first-order valence-electron chi connectivity index (χ1n) is 7.86. The summed E-state index contributed by atoms with van der Waals surface area (Å²) in [4.78, 5) is 16.4. The Kier molecular flexibility index (Phi) is 5.87. The third-order valence-corrected chi connectivity index (χ3v) is 3.14. The molecule has 0 saturated carbocycles. The highest BCUT2D eigenvalue weighted by Gasteiger charge is 2.06. The number of pyridine rings is 1. The normalized spacial score (nSPS) is 9.87. The number of carbonyl (C=O) groups is 1. The van der Waals surface area contributed by atoms with Crippen molar-refractivity contribution < 1.29 is 6.22 Å². The molecule has 3 aromatic rings. The highest BCUT2D eigenvalue weighted by molar-refractivity contribution is 6.05. The minimum atomic E-state index is -0.100. The van der Waals surface area contributed by atoms with Gasteiger partial charge in [0.25, 0.3) is 5.91 Å². The van der Waals surface area contributed by atoms with E-state index in [0.717, 1.165) is 22.2 Å². The van der Waals surface area contributed by atoms with Crippen LogP contribution in [0.2, 0.25) is 0 Å². The van der Waals surface area contributed by atoms with Gasteiger partial charge in [0.2, 0.25) is 0 Å². The van der Waals surface area contributed by atoms with E-state index in [0.29, 0.717) is 5.56 Å². The molecule has 0 unspecified atom stereocenters. The van der Waals surface area contributed by atoms with E-state index in [9.17, 15) is 4.79 Å². The number of anilines is 1. The zero-order chi connectivity index (χ0) is 16.7. The standard InChI is InChI=1S/C17H14N2O.C3H8.H2/c1-12-4-2-5-14(10-12)17(20)19-15-7-8-16-13(11-15)6-3-9-18-16;1-3-2;/h2-11H,1H3,(H,19,20);3H2,1-2H3;1H. The number of carbonyl (C=O) groups excluding carboxylic acids is 1. The number of aromatic nitrogens is 1. The van der Waals surface area contributed by atoms with Gasteiger partial charge in [0.1, 0.15) is 0 Å². The maximum atomic E-state index is 12.2. The zero-order valence-corrected chi connectivity index (χ0v) is 13.8. The summed E-state index contributed by atoms with van der Waals surface area (Å²) in [5.74, 6) is -0.100. The van der Waals surface area contributed by atoms with Crippen LogP contribution in [0.1, 0.15) is 37.6 Å². The molecule has 0 saturated heterocycles. The van der Waals surface area contributed by atoms with E-state index in [1.807, 2.05) is 61.5 Å². The fourth-order valence-electron chi connectivity index (χ4n) is 2.14. The fourth-order valence-corrected chi connectivity index (χ4v) is 2.14. The van der Waals surface area contributed by atoms with Gasteiger partial charge in [-0.05, 0) is 43.3 Å². The summed E-state index contributed by atoms with van der Waals surface area (Å²) in [5.41, 5.74) is 3.43. The Bertz CT molecular complexity index is 802. The number of nitrogens with zero attached hydrogens (tertiary/aromatic N) is 1. The largest absolute Gasteiger partial charge is 0.322 e. The molecular weight excluding hydrogens is 284 g/mol. The van der Waals surface area contributed by atoms with Crippen molar-refractivity contribution in [3.05, 3.63) is 71.9 Å². The van der Waals surface area contributed by atoms with Crippen molar-refractivity contribution in [3.8, 4) is 0 Å². The van der Waals surface area contributed by atoms with E-state index in [4.69, 9.17) is 0 Å². The lowest BCUT2D eigenvalue weighted by Gasteiger charge is -2.07. The first-order valence-corrected chi connectivity index (χ1v) is 7.86. The Hall–Kier alpha value is -2.68. The molecule has 0 atom stereocenters. The Labute approximate surface area is 138 Å². The molecule has 1 N–H and O–H groups in total. The zero-order valence-electron chi connectivity index (χ0n) is 13.8. The summed E-state index contributed by atoms with van der Waals surface area (Å²) in [7, 11) is 0. The molecule has 3 heteroatoms. The minimum Gasteiger partial charge on any atom is -0.322 e. The van der Waals surface area contributed by atoms with Crippen molar-refractivity contribution in [1.29, 1.82) is 0 Å². The summed E-state index contributed by atoms with van der Waals surface area (Å²) in [6.45, 7) is 6.22. The van der Waals surface area contributed by atoms with Crippen LogP contribution in [0.25, 0.3) is 10.9 Å². The number of hydrogen-bond acceptors (Lipinski definition) is 2. The van der Waals surface area contributed by atoms with Crippen molar-refractivity contribution in [2.24, 2.45) is 0 Å². The van der Waals surface area contributed by atoms with Gasteiger partial charge in [0.05, 0.1) is 5.52 Å². The second-order valence-electron chi connectivity index (χ2n) is 5.44. The summed E-state index contributed by atoms with van der Waals surface area (Å²) in [5, 5.41) is 3.92. The molecule has 1 heterocycles. The minimum absolute atomic E-state index is 0. The topological polar surface area (TPSA) is 42.0 Å². The molecule has 23 heavy (non-hydrogen) atoms. The molecule has 0 aliphatic heterocycles. The van der Waals surface area contributed by atoms with Crippen LogP contribution < -0.4 is 5.32 Å². The van der Waals surface area contributed by atoms with Crippen molar-refractivity contribution in [3.63, 3.8) is 0 Å². The summed E-state index contributed by atoms with van der Waals surface area (Å²) in [6.07, 6.45) is 3.01. The molecule has 0 radical (unpaired) electrons. The number of benzene rings is 2. The molecule has 0 aliphatic carbocycles. The third kappa shape index (κ3) is 4.65. The molecule has 0 spiro atoms. The average Bonchev–Trinajstić information content (AvgIpc) is 2.55. The van der Waals surface area contributed by atoms with Crippen LogP contribution in [0, 0.1) is 6.92 Å². The predicted molar refractivity (Wildman–Crippen MR) is 99.0 cm³/mol.